The number of carbonyl (C=O) groups excluding carboxylic acids is 1. The number of amides is 1. The molecule has 0 atom stereocenters. The van der Waals surface area contributed by atoms with Gasteiger partial charge in [0.1, 0.15) is 5.69 Å². The summed E-state index contributed by atoms with van der Waals surface area (Å²) in [5.41, 5.74) is 3.85. The number of halogens is 1. The molecule has 1 N–H and O–H groups in total. The van der Waals surface area contributed by atoms with E-state index in [-0.39, 0.29) is 5.91 Å². The van der Waals surface area contributed by atoms with Crippen LogP contribution in [-0.2, 0) is 4.74 Å². The van der Waals surface area contributed by atoms with E-state index < -0.39 is 0 Å². The van der Waals surface area contributed by atoms with Crippen LogP contribution in [0.3, 0.4) is 0 Å². The summed E-state index contributed by atoms with van der Waals surface area (Å²) in [7, 11) is 0. The minimum absolute atomic E-state index is 0.250. The Morgan fingerprint density at radius 2 is 2.05 bits per heavy atom. The van der Waals surface area contributed by atoms with Gasteiger partial charge >= 0.3 is 0 Å². The van der Waals surface area contributed by atoms with Gasteiger partial charge in [-0.05, 0) is 12.1 Å². The molecule has 1 aliphatic heterocycles. The minimum atomic E-state index is -0.250. The Hall–Kier alpha value is -1.69. The average Bonchev–Trinajstić information content (AvgIpc) is 2.48. The molecular formula is C14H14ClN3O2. The molecule has 3 rings (SSSR count). The lowest BCUT2D eigenvalue weighted by molar-refractivity contribution is 0.0125. The number of pyridine rings is 1. The highest BCUT2D eigenvalue weighted by Gasteiger charge is 2.16. The zero-order chi connectivity index (χ0) is 13.9. The van der Waals surface area contributed by atoms with E-state index in [9.17, 15) is 4.79 Å². The van der Waals surface area contributed by atoms with Crippen LogP contribution in [0.4, 0.5) is 0 Å². The highest BCUT2D eigenvalue weighted by molar-refractivity contribution is 6.35. The van der Waals surface area contributed by atoms with Crippen LogP contribution in [0.15, 0.2) is 30.3 Å². The first-order chi connectivity index (χ1) is 9.74. The normalized spacial score (nSPS) is 16.2. The molecule has 0 aliphatic carbocycles. The van der Waals surface area contributed by atoms with E-state index in [1.54, 1.807) is 6.07 Å². The molecule has 1 saturated heterocycles. The molecule has 6 heteroatoms. The second-order valence-electron chi connectivity index (χ2n) is 4.55. The summed E-state index contributed by atoms with van der Waals surface area (Å²) in [5.74, 6) is -0.250. The van der Waals surface area contributed by atoms with Crippen molar-refractivity contribution in [1.29, 1.82) is 0 Å². The van der Waals surface area contributed by atoms with Gasteiger partial charge in [0.25, 0.3) is 5.91 Å². The van der Waals surface area contributed by atoms with Crippen molar-refractivity contribution in [3.63, 3.8) is 0 Å². The second kappa shape index (κ2) is 5.75. The van der Waals surface area contributed by atoms with Crippen molar-refractivity contribution in [2.45, 2.75) is 0 Å². The molecule has 1 aromatic heterocycles. The van der Waals surface area contributed by atoms with Crippen molar-refractivity contribution in [1.82, 2.24) is 15.4 Å². The first-order valence-corrected chi connectivity index (χ1v) is 6.81. The van der Waals surface area contributed by atoms with Crippen molar-refractivity contribution < 1.29 is 9.53 Å². The zero-order valence-corrected chi connectivity index (χ0v) is 11.6. The highest BCUT2D eigenvalue weighted by atomic mass is 35.5. The van der Waals surface area contributed by atoms with Crippen LogP contribution < -0.4 is 5.43 Å². The molecule has 0 bridgehead atoms. The Labute approximate surface area is 121 Å². The molecule has 5 nitrogen and oxygen atoms in total. The van der Waals surface area contributed by atoms with Gasteiger partial charge in [-0.2, -0.15) is 0 Å². The number of carbonyl (C=O) groups is 1. The molecular weight excluding hydrogens is 278 g/mol. The molecule has 1 fully saturated rings. The van der Waals surface area contributed by atoms with Crippen molar-refractivity contribution in [3.05, 3.63) is 41.0 Å². The second-order valence-corrected chi connectivity index (χ2v) is 4.95. The van der Waals surface area contributed by atoms with Gasteiger partial charge < -0.3 is 4.74 Å². The van der Waals surface area contributed by atoms with E-state index in [0.717, 1.165) is 5.39 Å². The monoisotopic (exact) mass is 291 g/mol. The van der Waals surface area contributed by atoms with Crippen LogP contribution in [-0.4, -0.2) is 42.2 Å². The third kappa shape index (κ3) is 2.75. The Balaban J connectivity index is 1.84. The van der Waals surface area contributed by atoms with Crippen LogP contribution in [0, 0.1) is 0 Å². The summed E-state index contributed by atoms with van der Waals surface area (Å²) in [6, 6.07) is 9.08. The maximum absolute atomic E-state index is 12.2. The summed E-state index contributed by atoms with van der Waals surface area (Å²) in [4.78, 5) is 16.5. The number of benzene rings is 1. The summed E-state index contributed by atoms with van der Waals surface area (Å²) in [6.45, 7) is 2.58. The maximum atomic E-state index is 12.2. The van der Waals surface area contributed by atoms with Crippen LogP contribution in [0.1, 0.15) is 10.5 Å². The minimum Gasteiger partial charge on any atom is -0.379 e. The molecule has 1 amide bonds. The smallest absolute Gasteiger partial charge is 0.284 e. The Bertz CT molecular complexity index is 641. The quantitative estimate of drug-likeness (QED) is 0.918. The lowest BCUT2D eigenvalue weighted by atomic mass is 10.2. The van der Waals surface area contributed by atoms with Gasteiger partial charge in [0.05, 0.1) is 23.8 Å². The van der Waals surface area contributed by atoms with Gasteiger partial charge in [0, 0.05) is 18.5 Å². The summed E-state index contributed by atoms with van der Waals surface area (Å²) in [5, 5.41) is 3.20. The molecule has 2 heterocycles. The van der Waals surface area contributed by atoms with E-state index >= 15 is 0 Å². The largest absolute Gasteiger partial charge is 0.379 e. The van der Waals surface area contributed by atoms with E-state index in [1.807, 2.05) is 29.3 Å². The number of nitrogens with zero attached hydrogens (tertiary/aromatic N) is 2. The molecule has 2 aromatic rings. The molecule has 0 unspecified atom stereocenters. The van der Waals surface area contributed by atoms with E-state index in [4.69, 9.17) is 16.3 Å². The van der Waals surface area contributed by atoms with E-state index in [1.165, 1.54) is 0 Å². The van der Waals surface area contributed by atoms with Gasteiger partial charge in [-0.15, -0.1) is 0 Å². The van der Waals surface area contributed by atoms with Crippen molar-refractivity contribution >= 4 is 28.4 Å². The zero-order valence-electron chi connectivity index (χ0n) is 10.8. The van der Waals surface area contributed by atoms with Crippen molar-refractivity contribution in [2.24, 2.45) is 0 Å². The Morgan fingerprint density at radius 1 is 1.30 bits per heavy atom. The van der Waals surface area contributed by atoms with Crippen LogP contribution in [0.25, 0.3) is 10.9 Å². The summed E-state index contributed by atoms with van der Waals surface area (Å²) < 4.78 is 5.23. The number of fused-ring (bicyclic) bond motifs is 1. The number of morpholine rings is 1. The fourth-order valence-corrected chi connectivity index (χ4v) is 2.39. The molecule has 104 valence electrons. The lowest BCUT2D eigenvalue weighted by Gasteiger charge is -2.26. The van der Waals surface area contributed by atoms with Crippen LogP contribution in [0.5, 0.6) is 0 Å². The number of hydrazine groups is 1. The lowest BCUT2D eigenvalue weighted by Crippen LogP contribution is -2.48. The standard InChI is InChI=1S/C14H14ClN3O2/c15-11-9-13(16-12-4-2-1-3-10(11)12)14(19)17-18-5-7-20-8-6-18/h1-4,9H,5-8H2,(H,17,19). The van der Waals surface area contributed by atoms with Gasteiger partial charge in [0.2, 0.25) is 0 Å². The number of aromatic nitrogens is 1. The van der Waals surface area contributed by atoms with E-state index in [0.29, 0.717) is 42.5 Å². The topological polar surface area (TPSA) is 54.5 Å². The summed E-state index contributed by atoms with van der Waals surface area (Å²) >= 11 is 6.20. The SMILES string of the molecule is O=C(NN1CCOCC1)c1cc(Cl)c2ccccc2n1. The van der Waals surface area contributed by atoms with Gasteiger partial charge in [0.15, 0.2) is 0 Å². The average molecular weight is 292 g/mol. The predicted octanol–water partition coefficient (Wildman–Crippen LogP) is 1.87. The fourth-order valence-electron chi connectivity index (χ4n) is 2.13. The van der Waals surface area contributed by atoms with Crippen molar-refractivity contribution in [3.8, 4) is 0 Å². The number of para-hydroxylation sites is 1. The van der Waals surface area contributed by atoms with Crippen LogP contribution in [0.2, 0.25) is 5.02 Å². The fraction of sp³-hybridized carbons (Fsp3) is 0.286. The van der Waals surface area contributed by atoms with Gasteiger partial charge in [-0.1, -0.05) is 29.8 Å². The first kappa shape index (κ1) is 13.3. The highest BCUT2D eigenvalue weighted by Crippen LogP contribution is 2.22. The number of hydrogen-bond acceptors (Lipinski definition) is 4. The van der Waals surface area contributed by atoms with E-state index in [2.05, 4.69) is 10.4 Å². The first-order valence-electron chi connectivity index (χ1n) is 6.43. The molecule has 0 radical (unpaired) electrons. The number of hydrogen-bond donors (Lipinski definition) is 1. The molecule has 0 saturated carbocycles. The number of rotatable bonds is 2. The Morgan fingerprint density at radius 3 is 2.85 bits per heavy atom. The third-order valence-corrected chi connectivity index (χ3v) is 3.48. The molecule has 20 heavy (non-hydrogen) atoms. The number of nitrogens with one attached hydrogen (secondary N) is 1. The predicted molar refractivity (Wildman–Crippen MR) is 76.6 cm³/mol. The summed E-state index contributed by atoms with van der Waals surface area (Å²) in [6.07, 6.45) is 0. The molecule has 1 aromatic carbocycles. The number of ether oxygens (including phenoxy) is 1. The Kier molecular flexibility index (Phi) is 3.82. The van der Waals surface area contributed by atoms with Gasteiger partial charge in [-0.25, -0.2) is 9.99 Å². The van der Waals surface area contributed by atoms with Crippen LogP contribution >= 0.6 is 11.6 Å². The third-order valence-electron chi connectivity index (χ3n) is 3.17. The molecule has 0 spiro atoms. The van der Waals surface area contributed by atoms with Gasteiger partial charge in [-0.3, -0.25) is 10.2 Å². The van der Waals surface area contributed by atoms with Crippen molar-refractivity contribution in [2.75, 3.05) is 26.3 Å². The maximum Gasteiger partial charge on any atom is 0.284 e. The molecule has 1 aliphatic rings.